The van der Waals surface area contributed by atoms with E-state index in [2.05, 4.69) is 6.07 Å². The summed E-state index contributed by atoms with van der Waals surface area (Å²) in [6, 6.07) is 7.10. The average molecular weight is 216 g/mol. The highest BCUT2D eigenvalue weighted by Gasteiger charge is 2.23. The van der Waals surface area contributed by atoms with E-state index in [-0.39, 0.29) is 6.04 Å². The van der Waals surface area contributed by atoms with Gasteiger partial charge in [0.15, 0.2) is 0 Å². The van der Waals surface area contributed by atoms with E-state index in [0.717, 1.165) is 24.2 Å². The van der Waals surface area contributed by atoms with E-state index in [1.807, 2.05) is 11.8 Å². The maximum Gasteiger partial charge on any atom is 0.335 e. The summed E-state index contributed by atoms with van der Waals surface area (Å²) in [5, 5.41) is 17.7. The molecule has 0 radical (unpaired) electrons. The summed E-state index contributed by atoms with van der Waals surface area (Å²) >= 11 is 0. The van der Waals surface area contributed by atoms with Gasteiger partial charge in [-0.1, -0.05) is 0 Å². The van der Waals surface area contributed by atoms with E-state index in [1.165, 1.54) is 0 Å². The van der Waals surface area contributed by atoms with Crippen LogP contribution in [0.5, 0.6) is 0 Å². The summed E-state index contributed by atoms with van der Waals surface area (Å²) in [6.45, 7) is 2.63. The molecule has 0 aromatic heterocycles. The third-order valence-corrected chi connectivity index (χ3v) is 2.91. The number of carbonyl (C=O) groups is 1. The second kappa shape index (κ2) is 3.86. The summed E-state index contributed by atoms with van der Waals surface area (Å²) in [5.74, 6) is -0.908. The van der Waals surface area contributed by atoms with Gasteiger partial charge in [0.2, 0.25) is 0 Å². The van der Waals surface area contributed by atoms with E-state index < -0.39 is 5.97 Å². The molecule has 0 saturated heterocycles. The molecule has 1 aromatic carbocycles. The lowest BCUT2D eigenvalue weighted by Gasteiger charge is -2.21. The second-order valence-corrected chi connectivity index (χ2v) is 3.90. The average Bonchev–Trinajstić information content (AvgIpc) is 2.70. The summed E-state index contributed by atoms with van der Waals surface area (Å²) < 4.78 is 0. The van der Waals surface area contributed by atoms with E-state index in [0.29, 0.717) is 5.56 Å². The Morgan fingerprint density at radius 3 is 3.00 bits per heavy atom. The molecule has 0 fully saturated rings. The van der Waals surface area contributed by atoms with Crippen molar-refractivity contribution in [2.24, 2.45) is 0 Å². The highest BCUT2D eigenvalue weighted by Crippen LogP contribution is 2.30. The molecule has 82 valence electrons. The van der Waals surface area contributed by atoms with Crippen LogP contribution in [0.3, 0.4) is 0 Å². The monoisotopic (exact) mass is 216 g/mol. The van der Waals surface area contributed by atoms with Gasteiger partial charge in [0, 0.05) is 12.2 Å². The zero-order valence-electron chi connectivity index (χ0n) is 8.97. The quantitative estimate of drug-likeness (QED) is 0.816. The molecular weight excluding hydrogens is 204 g/mol. The van der Waals surface area contributed by atoms with Gasteiger partial charge in [0.25, 0.3) is 0 Å². The van der Waals surface area contributed by atoms with Crippen LogP contribution in [-0.2, 0) is 6.42 Å². The molecule has 1 aliphatic rings. The van der Waals surface area contributed by atoms with E-state index in [9.17, 15) is 4.79 Å². The molecule has 0 saturated carbocycles. The lowest BCUT2D eigenvalue weighted by molar-refractivity contribution is 0.0697. The van der Waals surface area contributed by atoms with Gasteiger partial charge < -0.3 is 10.0 Å². The summed E-state index contributed by atoms with van der Waals surface area (Å²) in [5.41, 5.74) is 2.31. The van der Waals surface area contributed by atoms with Crippen molar-refractivity contribution in [2.45, 2.75) is 19.4 Å². The standard InChI is InChI=1S/C12H12N2O2/c1-8(7-13)14-5-4-9-6-10(12(15)16)2-3-11(9)14/h2-3,6,8H,4-5H2,1H3,(H,15,16). The van der Waals surface area contributed by atoms with Crippen molar-refractivity contribution >= 4 is 11.7 Å². The van der Waals surface area contributed by atoms with Crippen molar-refractivity contribution in [2.75, 3.05) is 11.4 Å². The van der Waals surface area contributed by atoms with Crippen molar-refractivity contribution < 1.29 is 9.90 Å². The Hall–Kier alpha value is -2.02. The fourth-order valence-corrected chi connectivity index (χ4v) is 2.03. The van der Waals surface area contributed by atoms with E-state index in [4.69, 9.17) is 10.4 Å². The molecule has 1 N–H and O–H groups in total. The molecule has 4 heteroatoms. The minimum atomic E-state index is -0.908. The third-order valence-electron chi connectivity index (χ3n) is 2.91. The molecule has 0 bridgehead atoms. The zero-order valence-corrected chi connectivity index (χ0v) is 8.97. The third kappa shape index (κ3) is 1.61. The number of nitrogens with zero attached hydrogens (tertiary/aromatic N) is 2. The molecule has 0 amide bonds. The first-order chi connectivity index (χ1) is 7.63. The van der Waals surface area contributed by atoms with Gasteiger partial charge in [-0.05, 0) is 37.1 Å². The van der Waals surface area contributed by atoms with Gasteiger partial charge in [0.05, 0.1) is 11.6 Å². The molecule has 1 heterocycles. The smallest absolute Gasteiger partial charge is 0.335 e. The molecule has 2 rings (SSSR count). The largest absolute Gasteiger partial charge is 0.478 e. The van der Waals surface area contributed by atoms with E-state index in [1.54, 1.807) is 18.2 Å². The first-order valence-corrected chi connectivity index (χ1v) is 5.16. The highest BCUT2D eigenvalue weighted by molar-refractivity contribution is 5.88. The summed E-state index contributed by atoms with van der Waals surface area (Å²) in [6.07, 6.45) is 0.808. The lowest BCUT2D eigenvalue weighted by atomic mass is 10.1. The van der Waals surface area contributed by atoms with Crippen LogP contribution in [-0.4, -0.2) is 23.7 Å². The molecule has 1 atom stereocenters. The maximum absolute atomic E-state index is 10.8. The second-order valence-electron chi connectivity index (χ2n) is 3.90. The van der Waals surface area contributed by atoms with Crippen LogP contribution < -0.4 is 4.90 Å². The number of fused-ring (bicyclic) bond motifs is 1. The van der Waals surface area contributed by atoms with Gasteiger partial charge in [-0.2, -0.15) is 5.26 Å². The summed E-state index contributed by atoms with van der Waals surface area (Å²) in [7, 11) is 0. The number of carboxylic acids is 1. The minimum absolute atomic E-state index is 0.170. The SMILES string of the molecule is CC(C#N)N1CCc2cc(C(=O)O)ccc21. The number of benzene rings is 1. The fourth-order valence-electron chi connectivity index (χ4n) is 2.03. The van der Waals surface area contributed by atoms with Crippen LogP contribution in [0.2, 0.25) is 0 Å². The first-order valence-electron chi connectivity index (χ1n) is 5.16. The number of anilines is 1. The predicted octanol–water partition coefficient (Wildman–Crippen LogP) is 1.66. The van der Waals surface area contributed by atoms with Crippen LogP contribution in [0, 0.1) is 11.3 Å². The fraction of sp³-hybridized carbons (Fsp3) is 0.333. The number of rotatable bonds is 2. The Bertz CT molecular complexity index is 476. The number of hydrogen-bond acceptors (Lipinski definition) is 3. The molecule has 0 spiro atoms. The molecule has 1 aliphatic heterocycles. The normalized spacial score (nSPS) is 15.4. The van der Waals surface area contributed by atoms with E-state index >= 15 is 0 Å². The Morgan fingerprint density at radius 1 is 1.62 bits per heavy atom. The van der Waals surface area contributed by atoms with Crippen molar-refractivity contribution in [3.05, 3.63) is 29.3 Å². The molecule has 1 unspecified atom stereocenters. The Balaban J connectivity index is 2.37. The van der Waals surface area contributed by atoms with Crippen molar-refractivity contribution in [1.29, 1.82) is 5.26 Å². The van der Waals surface area contributed by atoms with Crippen LogP contribution >= 0.6 is 0 Å². The van der Waals surface area contributed by atoms with Gasteiger partial charge >= 0.3 is 5.97 Å². The topological polar surface area (TPSA) is 64.3 Å². The number of nitriles is 1. The number of aromatic carboxylic acids is 1. The number of hydrogen-bond donors (Lipinski definition) is 1. The van der Waals surface area contributed by atoms with Crippen molar-refractivity contribution in [3.8, 4) is 6.07 Å². The van der Waals surface area contributed by atoms with Crippen LogP contribution in [0.15, 0.2) is 18.2 Å². The maximum atomic E-state index is 10.8. The van der Waals surface area contributed by atoms with Gasteiger partial charge in [0.1, 0.15) is 6.04 Å². The summed E-state index contributed by atoms with van der Waals surface area (Å²) in [4.78, 5) is 12.8. The van der Waals surface area contributed by atoms with Gasteiger partial charge in [-0.25, -0.2) is 4.79 Å². The molecule has 4 nitrogen and oxygen atoms in total. The van der Waals surface area contributed by atoms with Crippen molar-refractivity contribution in [3.63, 3.8) is 0 Å². The van der Waals surface area contributed by atoms with Crippen LogP contribution in [0.25, 0.3) is 0 Å². The van der Waals surface area contributed by atoms with Crippen molar-refractivity contribution in [1.82, 2.24) is 0 Å². The molecular formula is C12H12N2O2. The highest BCUT2D eigenvalue weighted by atomic mass is 16.4. The number of carboxylic acid groups (broad SMARTS) is 1. The van der Waals surface area contributed by atoms with Crippen LogP contribution in [0.1, 0.15) is 22.8 Å². The zero-order chi connectivity index (χ0) is 11.7. The van der Waals surface area contributed by atoms with Gasteiger partial charge in [-0.15, -0.1) is 0 Å². The minimum Gasteiger partial charge on any atom is -0.478 e. The van der Waals surface area contributed by atoms with Gasteiger partial charge in [-0.3, -0.25) is 0 Å². The molecule has 0 aliphatic carbocycles. The predicted molar refractivity (Wildman–Crippen MR) is 59.5 cm³/mol. The Labute approximate surface area is 93.7 Å². The molecule has 16 heavy (non-hydrogen) atoms. The lowest BCUT2D eigenvalue weighted by Crippen LogP contribution is -2.29. The molecule has 1 aromatic rings. The first kappa shape index (κ1) is 10.5. The Morgan fingerprint density at radius 2 is 2.38 bits per heavy atom. The Kier molecular flexibility index (Phi) is 2.53. The van der Waals surface area contributed by atoms with Crippen LogP contribution in [0.4, 0.5) is 5.69 Å².